The molecule has 150 valence electrons. The molecule has 0 radical (unpaired) electrons. The Balaban J connectivity index is 1.71. The summed E-state index contributed by atoms with van der Waals surface area (Å²) in [6.45, 7) is 2.26. The first kappa shape index (κ1) is 18.4. The number of allylic oxidation sites excluding steroid dienone is 1. The highest BCUT2D eigenvalue weighted by molar-refractivity contribution is 5.89. The minimum absolute atomic E-state index is 0.234. The van der Waals surface area contributed by atoms with Gasteiger partial charge in [0.05, 0.1) is 16.8 Å². The van der Waals surface area contributed by atoms with E-state index in [1.807, 2.05) is 18.4 Å². The van der Waals surface area contributed by atoms with Crippen LogP contribution in [0.3, 0.4) is 0 Å². The lowest BCUT2D eigenvalue weighted by Crippen LogP contribution is -2.36. The van der Waals surface area contributed by atoms with E-state index in [4.69, 9.17) is 4.99 Å². The van der Waals surface area contributed by atoms with Crippen molar-refractivity contribution in [3.63, 3.8) is 0 Å². The van der Waals surface area contributed by atoms with Crippen LogP contribution in [0.4, 0.5) is 4.39 Å². The van der Waals surface area contributed by atoms with Crippen LogP contribution in [0.2, 0.25) is 0 Å². The summed E-state index contributed by atoms with van der Waals surface area (Å²) < 4.78 is 16.5. The maximum absolute atomic E-state index is 14.1. The third-order valence-corrected chi connectivity index (χ3v) is 6.93. The van der Waals surface area contributed by atoms with Gasteiger partial charge in [-0.05, 0) is 62.8 Å². The minimum atomic E-state index is -0.295. The van der Waals surface area contributed by atoms with Gasteiger partial charge in [-0.2, -0.15) is 5.26 Å². The van der Waals surface area contributed by atoms with Gasteiger partial charge >= 0.3 is 0 Å². The van der Waals surface area contributed by atoms with Crippen LogP contribution in [0.5, 0.6) is 0 Å². The summed E-state index contributed by atoms with van der Waals surface area (Å²) in [5.74, 6) is 0.391. The van der Waals surface area contributed by atoms with Crippen LogP contribution in [0.25, 0.3) is 10.9 Å². The molecule has 2 saturated carbocycles. The molecule has 5 heteroatoms. The minimum Gasteiger partial charge on any atom is -0.348 e. The highest BCUT2D eigenvalue weighted by Gasteiger charge is 2.38. The number of benzene rings is 1. The largest absolute Gasteiger partial charge is 0.348 e. The summed E-state index contributed by atoms with van der Waals surface area (Å²) in [4.78, 5) is 7.15. The Kier molecular flexibility index (Phi) is 4.66. The first-order valence-electron chi connectivity index (χ1n) is 10.9. The lowest BCUT2D eigenvalue weighted by Gasteiger charge is -2.37. The lowest BCUT2D eigenvalue weighted by molar-refractivity contribution is 0.190. The molecule has 2 aliphatic carbocycles. The second-order valence-corrected chi connectivity index (χ2v) is 8.73. The van der Waals surface area contributed by atoms with Crippen molar-refractivity contribution in [3.05, 3.63) is 47.5 Å². The number of hydrogen-bond acceptors (Lipinski definition) is 3. The monoisotopic (exact) mass is 390 g/mol. The van der Waals surface area contributed by atoms with Gasteiger partial charge in [0.2, 0.25) is 0 Å². The van der Waals surface area contributed by atoms with E-state index in [-0.39, 0.29) is 12.0 Å². The van der Waals surface area contributed by atoms with Gasteiger partial charge < -0.3 is 9.47 Å². The van der Waals surface area contributed by atoms with E-state index >= 15 is 0 Å². The standard InChI is InChI=1S/C24H27FN4/c1-16(17-8-9-17)28-13-5-12-27-24(28)23-21(15-26)20-14-18(25)10-11-22(20)29(23)19-6-3-2-4-7-19/h5,10-14,16-17,19,24H,2-4,6-9H2,1H3/t16-,24?/m0/s1. The molecule has 4 nitrogen and oxygen atoms in total. The fraction of sp³-hybridized carbons (Fsp3) is 0.500. The molecule has 2 atom stereocenters. The maximum atomic E-state index is 14.1. The van der Waals surface area contributed by atoms with E-state index in [1.165, 1.54) is 44.2 Å². The van der Waals surface area contributed by atoms with Crippen LogP contribution < -0.4 is 0 Å². The normalized spacial score (nSPS) is 23.5. The highest BCUT2D eigenvalue weighted by atomic mass is 19.1. The second kappa shape index (κ2) is 7.33. The van der Waals surface area contributed by atoms with Gasteiger partial charge in [-0.15, -0.1) is 0 Å². The molecule has 2 fully saturated rings. The van der Waals surface area contributed by atoms with Crippen LogP contribution >= 0.6 is 0 Å². The van der Waals surface area contributed by atoms with Gasteiger partial charge in [0, 0.05) is 29.9 Å². The van der Waals surface area contributed by atoms with Crippen molar-refractivity contribution in [3.8, 4) is 6.07 Å². The number of nitrogens with zero attached hydrogens (tertiary/aromatic N) is 4. The average molecular weight is 391 g/mol. The van der Waals surface area contributed by atoms with Crippen molar-refractivity contribution in [1.29, 1.82) is 5.26 Å². The van der Waals surface area contributed by atoms with Gasteiger partial charge in [0.15, 0.2) is 6.17 Å². The topological polar surface area (TPSA) is 44.3 Å². The molecule has 0 N–H and O–H groups in total. The first-order chi connectivity index (χ1) is 14.2. The number of rotatable bonds is 4. The number of aliphatic imine (C=N–C) groups is 1. The van der Waals surface area contributed by atoms with Gasteiger partial charge in [-0.1, -0.05) is 19.3 Å². The summed E-state index contributed by atoms with van der Waals surface area (Å²) >= 11 is 0. The number of nitriles is 1. The van der Waals surface area contributed by atoms with Crippen molar-refractivity contribution in [2.45, 2.75) is 70.1 Å². The van der Waals surface area contributed by atoms with E-state index in [1.54, 1.807) is 0 Å². The molecule has 0 amide bonds. The molecule has 1 aromatic heterocycles. The Bertz CT molecular complexity index is 1020. The number of fused-ring (bicyclic) bond motifs is 1. The molecule has 0 bridgehead atoms. The van der Waals surface area contributed by atoms with Crippen LogP contribution in [-0.2, 0) is 0 Å². The highest BCUT2D eigenvalue weighted by Crippen LogP contribution is 2.44. The molecule has 0 saturated heterocycles. The van der Waals surface area contributed by atoms with E-state index in [9.17, 15) is 9.65 Å². The van der Waals surface area contributed by atoms with E-state index in [2.05, 4.69) is 28.7 Å². The van der Waals surface area contributed by atoms with Crippen molar-refractivity contribution < 1.29 is 4.39 Å². The summed E-state index contributed by atoms with van der Waals surface area (Å²) in [5.41, 5.74) is 2.48. The Labute approximate surface area is 171 Å². The average Bonchev–Trinajstić information content (AvgIpc) is 3.55. The predicted molar refractivity (Wildman–Crippen MR) is 113 cm³/mol. The molecule has 1 aliphatic heterocycles. The summed E-state index contributed by atoms with van der Waals surface area (Å²) in [6, 6.07) is 8.01. The number of aromatic nitrogens is 1. The molecule has 0 spiro atoms. The fourth-order valence-corrected chi connectivity index (χ4v) is 5.23. The van der Waals surface area contributed by atoms with Crippen LogP contribution in [-0.4, -0.2) is 21.7 Å². The smallest absolute Gasteiger partial charge is 0.163 e. The van der Waals surface area contributed by atoms with E-state index < -0.39 is 0 Å². The zero-order chi connectivity index (χ0) is 20.0. The SMILES string of the molecule is C[C@@H](C1CC1)N1C=CC=NC1c1c(C#N)c2cc(F)ccc2n1C1CCCCC1. The van der Waals surface area contributed by atoms with Gasteiger partial charge in [-0.25, -0.2) is 4.39 Å². The van der Waals surface area contributed by atoms with E-state index in [0.717, 1.165) is 29.4 Å². The third-order valence-electron chi connectivity index (χ3n) is 6.93. The molecular formula is C24H27FN4. The van der Waals surface area contributed by atoms with Gasteiger partial charge in [0.1, 0.15) is 11.9 Å². The quantitative estimate of drug-likeness (QED) is 0.657. The Morgan fingerprint density at radius 1 is 1.17 bits per heavy atom. The molecule has 29 heavy (non-hydrogen) atoms. The zero-order valence-electron chi connectivity index (χ0n) is 16.9. The van der Waals surface area contributed by atoms with Crippen LogP contribution in [0, 0.1) is 23.1 Å². The Hall–Kier alpha value is -2.61. The molecule has 1 unspecified atom stereocenters. The number of halogens is 1. The predicted octanol–water partition coefficient (Wildman–Crippen LogP) is 5.85. The Morgan fingerprint density at radius 3 is 2.69 bits per heavy atom. The van der Waals surface area contributed by atoms with Gasteiger partial charge in [-0.3, -0.25) is 4.99 Å². The summed E-state index contributed by atoms with van der Waals surface area (Å²) in [7, 11) is 0. The van der Waals surface area contributed by atoms with Crippen molar-refractivity contribution in [2.24, 2.45) is 10.9 Å². The lowest BCUT2D eigenvalue weighted by atomic mass is 9.94. The van der Waals surface area contributed by atoms with Crippen molar-refractivity contribution in [2.75, 3.05) is 0 Å². The summed E-state index contributed by atoms with van der Waals surface area (Å²) in [6.07, 6.45) is 14.1. The summed E-state index contributed by atoms with van der Waals surface area (Å²) in [5, 5.41) is 10.8. The molecule has 5 rings (SSSR count). The third kappa shape index (κ3) is 3.15. The maximum Gasteiger partial charge on any atom is 0.163 e. The molecule has 3 aliphatic rings. The van der Waals surface area contributed by atoms with Crippen molar-refractivity contribution in [1.82, 2.24) is 9.47 Å². The van der Waals surface area contributed by atoms with Crippen LogP contribution in [0.1, 0.15) is 75.3 Å². The van der Waals surface area contributed by atoms with E-state index in [0.29, 0.717) is 23.6 Å². The van der Waals surface area contributed by atoms with Crippen LogP contribution in [0.15, 0.2) is 35.5 Å². The number of hydrogen-bond donors (Lipinski definition) is 0. The fourth-order valence-electron chi connectivity index (χ4n) is 5.23. The second-order valence-electron chi connectivity index (χ2n) is 8.73. The molecule has 2 aromatic rings. The Morgan fingerprint density at radius 2 is 1.97 bits per heavy atom. The zero-order valence-corrected chi connectivity index (χ0v) is 16.9. The molecule has 1 aromatic carbocycles. The first-order valence-corrected chi connectivity index (χ1v) is 10.9. The molecule has 2 heterocycles. The van der Waals surface area contributed by atoms with Gasteiger partial charge in [0.25, 0.3) is 0 Å². The molecular weight excluding hydrogens is 363 g/mol. The van der Waals surface area contributed by atoms with Crippen molar-refractivity contribution >= 4 is 17.1 Å².